The average molecular weight is 481 g/mol. The first kappa shape index (κ1) is 24.6. The van der Waals surface area contributed by atoms with Gasteiger partial charge in [-0.2, -0.15) is 0 Å². The molecule has 7 heteroatoms. The van der Waals surface area contributed by atoms with Crippen molar-refractivity contribution in [3.63, 3.8) is 0 Å². The zero-order chi connectivity index (χ0) is 24.4. The van der Waals surface area contributed by atoms with Crippen LogP contribution >= 0.6 is 11.8 Å². The summed E-state index contributed by atoms with van der Waals surface area (Å²) in [7, 11) is 0. The highest BCUT2D eigenvalue weighted by atomic mass is 32.2. The highest BCUT2D eigenvalue weighted by molar-refractivity contribution is 8.16. The highest BCUT2D eigenvalue weighted by Gasteiger charge is 2.41. The maximum absolute atomic E-state index is 13.7. The summed E-state index contributed by atoms with van der Waals surface area (Å²) in [5.41, 5.74) is 4.64. The van der Waals surface area contributed by atoms with Gasteiger partial charge in [0, 0.05) is 25.3 Å². The quantitative estimate of drug-likeness (QED) is 0.530. The van der Waals surface area contributed by atoms with E-state index in [1.807, 2.05) is 31.1 Å². The molecule has 1 aromatic rings. The minimum absolute atomic E-state index is 0.0117. The van der Waals surface area contributed by atoms with Crippen LogP contribution in [0.3, 0.4) is 0 Å². The second kappa shape index (κ2) is 10.4. The van der Waals surface area contributed by atoms with E-state index in [9.17, 15) is 9.59 Å². The van der Waals surface area contributed by atoms with E-state index in [2.05, 4.69) is 48.3 Å². The van der Waals surface area contributed by atoms with Crippen LogP contribution in [0.4, 0.5) is 0 Å². The average Bonchev–Trinajstić information content (AvgIpc) is 3.58. The van der Waals surface area contributed by atoms with Gasteiger partial charge in [0.05, 0.1) is 23.7 Å². The fourth-order valence-electron chi connectivity index (χ4n) is 4.51. The van der Waals surface area contributed by atoms with E-state index >= 15 is 0 Å². The number of fused-ring (bicyclic) bond motifs is 1. The van der Waals surface area contributed by atoms with E-state index in [1.54, 1.807) is 0 Å². The largest absolute Gasteiger partial charge is 0.355 e. The van der Waals surface area contributed by atoms with Crippen LogP contribution in [0.15, 0.2) is 51.6 Å². The Balaban J connectivity index is 1.69. The van der Waals surface area contributed by atoms with E-state index in [-0.39, 0.29) is 24.3 Å². The van der Waals surface area contributed by atoms with Crippen LogP contribution in [0.2, 0.25) is 0 Å². The van der Waals surface area contributed by atoms with Gasteiger partial charge in [0.15, 0.2) is 5.17 Å². The minimum atomic E-state index is -0.306. The highest BCUT2D eigenvalue weighted by Crippen LogP contribution is 2.45. The first-order chi connectivity index (χ1) is 16.3. The number of hydrogen-bond donors (Lipinski definition) is 1. The van der Waals surface area contributed by atoms with Crippen molar-refractivity contribution < 1.29 is 9.59 Å². The van der Waals surface area contributed by atoms with Crippen molar-refractivity contribution in [2.45, 2.75) is 65.8 Å². The van der Waals surface area contributed by atoms with E-state index in [1.165, 1.54) is 30.2 Å². The molecule has 6 nitrogen and oxygen atoms in total. The molecule has 1 atom stereocenters. The lowest BCUT2D eigenvalue weighted by molar-refractivity contribution is -0.127. The molecule has 1 saturated carbocycles. The van der Waals surface area contributed by atoms with Gasteiger partial charge < -0.3 is 15.1 Å². The molecule has 2 amide bonds. The number of allylic oxidation sites excluding steroid dienone is 1. The van der Waals surface area contributed by atoms with Crippen molar-refractivity contribution in [3.8, 4) is 0 Å². The number of carbonyl (C=O) groups excluding carboxylic acids is 2. The van der Waals surface area contributed by atoms with Crippen molar-refractivity contribution >= 4 is 28.7 Å². The summed E-state index contributed by atoms with van der Waals surface area (Å²) in [5, 5.41) is 5.93. The van der Waals surface area contributed by atoms with Crippen molar-refractivity contribution in [2.75, 3.05) is 19.6 Å². The standard InChI is InChI=1S/C27H36N4O2S/c1-6-30(7-2)26(33)24-18(5)29-27-31(25(24)21-12-10-20(11-13-21)17(3)4)22(16-34-27)14-23(32)28-15-19-8-9-19/h10-13,16-17,19,25H,6-9,14-15H2,1-5H3,(H,28,32)/t25-/m1/s1. The third-order valence-corrected chi connectivity index (χ3v) is 7.72. The predicted molar refractivity (Wildman–Crippen MR) is 139 cm³/mol. The summed E-state index contributed by atoms with van der Waals surface area (Å²) in [6, 6.07) is 8.24. The molecule has 0 radical (unpaired) electrons. The Hall–Kier alpha value is -2.54. The Kier molecular flexibility index (Phi) is 7.51. The van der Waals surface area contributed by atoms with Crippen molar-refractivity contribution in [2.24, 2.45) is 10.9 Å². The second-order valence-electron chi connectivity index (χ2n) is 9.62. The number of hydrogen-bond acceptors (Lipinski definition) is 5. The zero-order valence-electron chi connectivity index (χ0n) is 20.9. The molecule has 1 aromatic carbocycles. The maximum atomic E-state index is 13.7. The van der Waals surface area contributed by atoms with Crippen LogP contribution in [0, 0.1) is 5.92 Å². The summed E-state index contributed by atoms with van der Waals surface area (Å²) >= 11 is 1.53. The Morgan fingerprint density at radius 1 is 1.18 bits per heavy atom. The normalized spacial score (nSPS) is 19.7. The Bertz CT molecular complexity index is 1030. The van der Waals surface area contributed by atoms with Gasteiger partial charge in [-0.1, -0.05) is 49.9 Å². The predicted octanol–water partition coefficient (Wildman–Crippen LogP) is 5.17. The first-order valence-corrected chi connectivity index (χ1v) is 13.3. The van der Waals surface area contributed by atoms with E-state index in [4.69, 9.17) is 4.99 Å². The van der Waals surface area contributed by atoms with Crippen LogP contribution < -0.4 is 5.32 Å². The molecule has 0 bridgehead atoms. The number of likely N-dealkylation sites (N-methyl/N-ethyl adjacent to an activating group) is 1. The van der Waals surface area contributed by atoms with E-state index in [0.717, 1.165) is 28.7 Å². The molecule has 4 rings (SSSR count). The summed E-state index contributed by atoms with van der Waals surface area (Å²) in [6.45, 7) is 12.3. The fourth-order valence-corrected chi connectivity index (χ4v) is 5.47. The van der Waals surface area contributed by atoms with Crippen LogP contribution in [-0.4, -0.2) is 46.4 Å². The van der Waals surface area contributed by atoms with E-state index in [0.29, 0.717) is 30.5 Å². The number of nitrogens with one attached hydrogen (secondary N) is 1. The number of carbonyl (C=O) groups is 2. The van der Waals surface area contributed by atoms with Gasteiger partial charge in [0.2, 0.25) is 5.91 Å². The maximum Gasteiger partial charge on any atom is 0.254 e. The fraction of sp³-hybridized carbons (Fsp3) is 0.519. The Labute approximate surface area is 207 Å². The van der Waals surface area contributed by atoms with Crippen molar-refractivity contribution in [1.29, 1.82) is 0 Å². The van der Waals surface area contributed by atoms with Gasteiger partial charge in [0.1, 0.15) is 0 Å². The molecule has 0 aromatic heterocycles. The van der Waals surface area contributed by atoms with Crippen LogP contribution in [0.1, 0.15) is 77.0 Å². The number of amides is 2. The molecule has 2 heterocycles. The minimum Gasteiger partial charge on any atom is -0.355 e. The summed E-state index contributed by atoms with van der Waals surface area (Å²) in [6.07, 6.45) is 2.69. The zero-order valence-corrected chi connectivity index (χ0v) is 21.7. The molecular formula is C27H36N4O2S. The van der Waals surface area contributed by atoms with Gasteiger partial charge in [-0.15, -0.1) is 0 Å². The Morgan fingerprint density at radius 3 is 2.44 bits per heavy atom. The molecule has 182 valence electrons. The third-order valence-electron chi connectivity index (χ3n) is 6.83. The van der Waals surface area contributed by atoms with Gasteiger partial charge in [-0.25, -0.2) is 4.99 Å². The summed E-state index contributed by atoms with van der Waals surface area (Å²) < 4.78 is 0. The summed E-state index contributed by atoms with van der Waals surface area (Å²) in [5.74, 6) is 1.10. The molecule has 1 N–H and O–H groups in total. The molecule has 34 heavy (non-hydrogen) atoms. The number of nitrogens with zero attached hydrogens (tertiary/aromatic N) is 3. The van der Waals surface area contributed by atoms with Crippen LogP contribution in [0.25, 0.3) is 0 Å². The molecule has 0 spiro atoms. The van der Waals surface area contributed by atoms with Crippen molar-refractivity contribution in [3.05, 3.63) is 57.8 Å². The van der Waals surface area contributed by atoms with Gasteiger partial charge in [-0.3, -0.25) is 9.59 Å². The van der Waals surface area contributed by atoms with Crippen LogP contribution in [-0.2, 0) is 9.59 Å². The number of rotatable bonds is 9. The lowest BCUT2D eigenvalue weighted by atomic mass is 9.91. The number of amidine groups is 1. The number of benzene rings is 1. The lowest BCUT2D eigenvalue weighted by Gasteiger charge is -2.38. The molecule has 0 unspecified atom stereocenters. The monoisotopic (exact) mass is 480 g/mol. The van der Waals surface area contributed by atoms with Crippen LogP contribution in [0.5, 0.6) is 0 Å². The topological polar surface area (TPSA) is 65.0 Å². The molecule has 3 aliphatic rings. The molecule has 1 aliphatic carbocycles. The molecule has 1 fully saturated rings. The molecule has 2 aliphatic heterocycles. The molecular weight excluding hydrogens is 444 g/mol. The van der Waals surface area contributed by atoms with Crippen molar-refractivity contribution in [1.82, 2.24) is 15.1 Å². The number of aliphatic imine (C=N–C) groups is 1. The SMILES string of the molecule is CCN(CC)C(=O)C1=C(C)N=C2SC=C(CC(=O)NCC3CC3)N2[C@@H]1c1ccc(C(C)C)cc1. The lowest BCUT2D eigenvalue weighted by Crippen LogP contribution is -2.42. The summed E-state index contributed by atoms with van der Waals surface area (Å²) in [4.78, 5) is 35.2. The molecule has 0 saturated heterocycles. The smallest absolute Gasteiger partial charge is 0.254 e. The van der Waals surface area contributed by atoms with Gasteiger partial charge in [0.25, 0.3) is 5.91 Å². The first-order valence-electron chi connectivity index (χ1n) is 12.4. The van der Waals surface area contributed by atoms with Gasteiger partial charge in [-0.05, 0) is 62.0 Å². The Morgan fingerprint density at radius 2 is 1.85 bits per heavy atom. The third kappa shape index (κ3) is 5.09. The second-order valence-corrected chi connectivity index (χ2v) is 10.5. The van der Waals surface area contributed by atoms with Gasteiger partial charge >= 0.3 is 0 Å². The number of thioether (sulfide) groups is 1. The van der Waals surface area contributed by atoms with E-state index < -0.39 is 0 Å².